The lowest BCUT2D eigenvalue weighted by Gasteiger charge is -2.09. The Hall–Kier alpha value is -2.75. The van der Waals surface area contributed by atoms with Crippen LogP contribution in [0, 0.1) is 6.92 Å². The van der Waals surface area contributed by atoms with E-state index in [9.17, 15) is 4.79 Å². The van der Waals surface area contributed by atoms with E-state index in [1.165, 1.54) is 12.5 Å². The number of fused-ring (bicyclic) bond motifs is 1. The van der Waals surface area contributed by atoms with Crippen molar-refractivity contribution in [3.8, 4) is 11.3 Å². The monoisotopic (exact) mass is 293 g/mol. The molecule has 0 fully saturated rings. The molecule has 110 valence electrons. The molecular formula is C18H17N2O2+. The molecule has 0 radical (unpaired) electrons. The van der Waals surface area contributed by atoms with E-state index in [1.54, 1.807) is 6.20 Å². The van der Waals surface area contributed by atoms with Crippen molar-refractivity contribution in [2.45, 2.75) is 6.92 Å². The predicted octanol–water partition coefficient (Wildman–Crippen LogP) is 2.82. The molecule has 0 atom stereocenters. The Kier molecular flexibility index (Phi) is 3.59. The molecule has 0 spiro atoms. The molecule has 2 aromatic carbocycles. The van der Waals surface area contributed by atoms with Crippen LogP contribution in [0.2, 0.25) is 0 Å². The number of benzene rings is 2. The molecule has 4 nitrogen and oxygen atoms in total. The van der Waals surface area contributed by atoms with Gasteiger partial charge in [0.15, 0.2) is 6.20 Å². The van der Waals surface area contributed by atoms with Gasteiger partial charge in [-0.25, -0.2) is 9.78 Å². The van der Waals surface area contributed by atoms with Gasteiger partial charge in [-0.3, -0.25) is 0 Å². The molecule has 0 saturated heterocycles. The Morgan fingerprint density at radius 1 is 1.18 bits per heavy atom. The number of nitrogens with zero attached hydrogens (tertiary/aromatic N) is 2. The Balaban J connectivity index is 2.32. The number of hydrogen-bond acceptors (Lipinski definition) is 3. The molecule has 4 heteroatoms. The molecular weight excluding hydrogens is 276 g/mol. The largest absolute Gasteiger partial charge is 0.464 e. The fourth-order valence-electron chi connectivity index (χ4n) is 2.68. The van der Waals surface area contributed by atoms with Gasteiger partial charge in [0.1, 0.15) is 7.05 Å². The Bertz CT molecular complexity index is 872. The molecule has 0 amide bonds. The molecule has 0 bridgehead atoms. The van der Waals surface area contributed by atoms with E-state index in [0.29, 0.717) is 5.69 Å². The van der Waals surface area contributed by atoms with Crippen LogP contribution >= 0.6 is 0 Å². The first-order valence-electron chi connectivity index (χ1n) is 7.04. The number of carbonyl (C=O) groups is 1. The minimum Gasteiger partial charge on any atom is -0.464 e. The van der Waals surface area contributed by atoms with Crippen molar-refractivity contribution in [2.75, 3.05) is 7.11 Å². The summed E-state index contributed by atoms with van der Waals surface area (Å²) in [4.78, 5) is 16.2. The molecule has 3 rings (SSSR count). The first-order valence-corrected chi connectivity index (χ1v) is 7.04. The SMILES string of the molecule is COC(=O)c1ncc[n+](C)c1-c1cc2ccccc2cc1C. The third kappa shape index (κ3) is 2.33. The summed E-state index contributed by atoms with van der Waals surface area (Å²) in [5, 5.41) is 2.30. The van der Waals surface area contributed by atoms with Crippen molar-refractivity contribution < 1.29 is 14.1 Å². The maximum atomic E-state index is 12.0. The molecule has 0 saturated carbocycles. The number of rotatable bonds is 2. The van der Waals surface area contributed by atoms with Gasteiger partial charge in [-0.2, -0.15) is 4.57 Å². The highest BCUT2D eigenvalue weighted by molar-refractivity contribution is 5.95. The summed E-state index contributed by atoms with van der Waals surface area (Å²) in [6, 6.07) is 12.4. The Morgan fingerprint density at radius 3 is 2.55 bits per heavy atom. The number of methoxy groups -OCH3 is 1. The second-order valence-corrected chi connectivity index (χ2v) is 5.24. The highest BCUT2D eigenvalue weighted by atomic mass is 16.5. The van der Waals surface area contributed by atoms with Gasteiger partial charge in [-0.05, 0) is 29.3 Å². The fraction of sp³-hybridized carbons (Fsp3) is 0.167. The van der Waals surface area contributed by atoms with Gasteiger partial charge in [-0.1, -0.05) is 30.3 Å². The summed E-state index contributed by atoms with van der Waals surface area (Å²) < 4.78 is 6.77. The summed E-state index contributed by atoms with van der Waals surface area (Å²) in [6.45, 7) is 2.04. The van der Waals surface area contributed by atoms with E-state index < -0.39 is 5.97 Å². The second-order valence-electron chi connectivity index (χ2n) is 5.24. The minimum atomic E-state index is -0.432. The van der Waals surface area contributed by atoms with Crippen LogP contribution in [0.15, 0.2) is 48.8 Å². The molecule has 1 aromatic heterocycles. The van der Waals surface area contributed by atoms with Crippen LogP contribution in [0.4, 0.5) is 0 Å². The van der Waals surface area contributed by atoms with Crippen LogP contribution in [0.1, 0.15) is 16.1 Å². The maximum absolute atomic E-state index is 12.0. The zero-order valence-corrected chi connectivity index (χ0v) is 12.8. The predicted molar refractivity (Wildman–Crippen MR) is 84.4 cm³/mol. The minimum absolute atomic E-state index is 0.325. The highest BCUT2D eigenvalue weighted by Gasteiger charge is 2.25. The molecule has 1 heterocycles. The lowest BCUT2D eigenvalue weighted by atomic mass is 9.98. The average Bonchev–Trinajstić information content (AvgIpc) is 2.53. The standard InChI is InChI=1S/C18H17N2O2/c1-12-10-13-6-4-5-7-14(13)11-15(12)17-16(18(21)22-3)19-8-9-20(17)2/h4-11H,1-3H3/q+1. The zero-order chi connectivity index (χ0) is 15.7. The van der Waals surface area contributed by atoms with E-state index in [0.717, 1.165) is 22.2 Å². The van der Waals surface area contributed by atoms with E-state index in [1.807, 2.05) is 36.9 Å². The molecule has 0 aliphatic carbocycles. The molecule has 0 unspecified atom stereocenters. The van der Waals surface area contributed by atoms with Crippen LogP contribution in [-0.2, 0) is 11.8 Å². The van der Waals surface area contributed by atoms with Crippen LogP contribution in [0.25, 0.3) is 22.0 Å². The normalized spacial score (nSPS) is 10.7. The maximum Gasteiger partial charge on any atom is 0.363 e. The second kappa shape index (κ2) is 5.56. The summed E-state index contributed by atoms with van der Waals surface area (Å²) in [5.41, 5.74) is 3.16. The first-order chi connectivity index (χ1) is 10.6. The van der Waals surface area contributed by atoms with Crippen LogP contribution < -0.4 is 4.57 Å². The first kappa shape index (κ1) is 14.2. The Morgan fingerprint density at radius 2 is 1.86 bits per heavy atom. The van der Waals surface area contributed by atoms with Gasteiger partial charge < -0.3 is 4.74 Å². The quantitative estimate of drug-likeness (QED) is 0.539. The van der Waals surface area contributed by atoms with Gasteiger partial charge in [0.05, 0.1) is 18.9 Å². The number of carbonyl (C=O) groups excluding carboxylic acids is 1. The summed E-state index contributed by atoms with van der Waals surface area (Å²) in [5.74, 6) is -0.432. The van der Waals surface area contributed by atoms with Crippen molar-refractivity contribution in [1.82, 2.24) is 4.98 Å². The molecule has 0 N–H and O–H groups in total. The third-order valence-corrected chi connectivity index (χ3v) is 3.80. The fourth-order valence-corrected chi connectivity index (χ4v) is 2.68. The van der Waals surface area contributed by atoms with Gasteiger partial charge >= 0.3 is 5.97 Å². The van der Waals surface area contributed by atoms with E-state index in [2.05, 4.69) is 29.2 Å². The smallest absolute Gasteiger partial charge is 0.363 e. The summed E-state index contributed by atoms with van der Waals surface area (Å²) in [6.07, 6.45) is 3.43. The molecule has 22 heavy (non-hydrogen) atoms. The van der Waals surface area contributed by atoms with E-state index >= 15 is 0 Å². The van der Waals surface area contributed by atoms with Crippen LogP contribution in [-0.4, -0.2) is 18.1 Å². The van der Waals surface area contributed by atoms with Crippen molar-refractivity contribution in [3.63, 3.8) is 0 Å². The zero-order valence-electron chi connectivity index (χ0n) is 12.8. The van der Waals surface area contributed by atoms with Crippen LogP contribution in [0.5, 0.6) is 0 Å². The topological polar surface area (TPSA) is 43.1 Å². The van der Waals surface area contributed by atoms with Crippen LogP contribution in [0.3, 0.4) is 0 Å². The number of esters is 1. The Labute approximate surface area is 129 Å². The number of ether oxygens (including phenoxy) is 1. The number of aromatic nitrogens is 2. The van der Waals surface area contributed by atoms with E-state index in [4.69, 9.17) is 4.74 Å². The lowest BCUT2D eigenvalue weighted by molar-refractivity contribution is -0.661. The summed E-state index contributed by atoms with van der Waals surface area (Å²) >= 11 is 0. The van der Waals surface area contributed by atoms with E-state index in [-0.39, 0.29) is 0 Å². The molecule has 0 aliphatic heterocycles. The highest BCUT2D eigenvalue weighted by Crippen LogP contribution is 2.28. The van der Waals surface area contributed by atoms with Crippen molar-refractivity contribution in [2.24, 2.45) is 7.05 Å². The lowest BCUT2D eigenvalue weighted by Crippen LogP contribution is -2.34. The van der Waals surface area contributed by atoms with Crippen molar-refractivity contribution in [1.29, 1.82) is 0 Å². The molecule has 0 aliphatic rings. The molecule has 3 aromatic rings. The average molecular weight is 293 g/mol. The number of hydrogen-bond donors (Lipinski definition) is 0. The van der Waals surface area contributed by atoms with Gasteiger partial charge in [0.2, 0.25) is 11.4 Å². The third-order valence-electron chi connectivity index (χ3n) is 3.80. The number of aryl methyl sites for hydroxylation is 2. The van der Waals surface area contributed by atoms with Crippen molar-refractivity contribution >= 4 is 16.7 Å². The van der Waals surface area contributed by atoms with Gasteiger partial charge in [0.25, 0.3) is 0 Å². The van der Waals surface area contributed by atoms with Gasteiger partial charge in [-0.15, -0.1) is 0 Å². The summed E-state index contributed by atoms with van der Waals surface area (Å²) in [7, 11) is 3.27. The van der Waals surface area contributed by atoms with Gasteiger partial charge in [0, 0.05) is 0 Å². The van der Waals surface area contributed by atoms with Crippen molar-refractivity contribution in [3.05, 3.63) is 60.0 Å².